The number of nitrogens with one attached hydrogen (secondary N) is 3. The number of nitrogens with zero attached hydrogens (tertiary/aromatic N) is 2. The number of aromatic amines is 1. The van der Waals surface area contributed by atoms with E-state index < -0.39 is 11.9 Å². The fraction of sp³-hybridized carbons (Fsp3) is 0.111. The lowest BCUT2D eigenvalue weighted by atomic mass is 10.1. The van der Waals surface area contributed by atoms with Gasteiger partial charge in [0.1, 0.15) is 17.6 Å². The van der Waals surface area contributed by atoms with Gasteiger partial charge in [0.2, 0.25) is 0 Å². The minimum Gasteiger partial charge on any atom is -0.335 e. The van der Waals surface area contributed by atoms with Gasteiger partial charge in [-0.05, 0) is 24.6 Å². The van der Waals surface area contributed by atoms with Gasteiger partial charge in [-0.1, -0.05) is 36.4 Å². The van der Waals surface area contributed by atoms with E-state index >= 15 is 0 Å². The highest BCUT2D eigenvalue weighted by atomic mass is 16.2. The van der Waals surface area contributed by atoms with Gasteiger partial charge in [-0.15, -0.1) is 0 Å². The normalized spacial score (nSPS) is 11.6. The summed E-state index contributed by atoms with van der Waals surface area (Å²) >= 11 is 0. The van der Waals surface area contributed by atoms with Crippen molar-refractivity contribution in [1.82, 2.24) is 20.5 Å². The van der Waals surface area contributed by atoms with Crippen LogP contribution in [0.25, 0.3) is 0 Å². The number of benzene rings is 1. The number of anilines is 1. The van der Waals surface area contributed by atoms with Gasteiger partial charge in [-0.3, -0.25) is 14.7 Å². The van der Waals surface area contributed by atoms with Crippen LogP contribution in [0.4, 0.5) is 5.82 Å². The van der Waals surface area contributed by atoms with Gasteiger partial charge in [0.05, 0.1) is 6.20 Å². The van der Waals surface area contributed by atoms with Gasteiger partial charge in [-0.2, -0.15) is 5.10 Å². The molecule has 2 heterocycles. The Kier molecular flexibility index (Phi) is 4.84. The predicted molar refractivity (Wildman–Crippen MR) is 92.8 cm³/mol. The third kappa shape index (κ3) is 4.08. The molecule has 0 aliphatic carbocycles. The third-order valence-corrected chi connectivity index (χ3v) is 3.55. The molecule has 0 saturated carbocycles. The van der Waals surface area contributed by atoms with Gasteiger partial charge in [0.25, 0.3) is 11.8 Å². The minimum absolute atomic E-state index is 0.260. The molecule has 2 amide bonds. The Morgan fingerprint density at radius 3 is 2.52 bits per heavy atom. The first-order valence-corrected chi connectivity index (χ1v) is 7.73. The lowest BCUT2D eigenvalue weighted by Crippen LogP contribution is -2.37. The molecule has 0 spiro atoms. The van der Waals surface area contributed by atoms with Crippen molar-refractivity contribution >= 4 is 17.6 Å². The van der Waals surface area contributed by atoms with E-state index in [1.54, 1.807) is 43.3 Å². The van der Waals surface area contributed by atoms with Crippen molar-refractivity contribution in [3.05, 3.63) is 77.7 Å². The van der Waals surface area contributed by atoms with E-state index in [1.807, 2.05) is 18.2 Å². The number of hydrogen-bond acceptors (Lipinski definition) is 4. The molecule has 25 heavy (non-hydrogen) atoms. The molecule has 7 heteroatoms. The second-order valence-corrected chi connectivity index (χ2v) is 5.44. The minimum atomic E-state index is -0.862. The van der Waals surface area contributed by atoms with Crippen molar-refractivity contribution in [2.75, 3.05) is 5.32 Å². The van der Waals surface area contributed by atoms with E-state index in [0.29, 0.717) is 11.4 Å². The Balaban J connectivity index is 1.83. The SMILES string of the molecule is Cc1cccc(C(=O)N[C@H](C(=O)Nc2ccn[nH]2)c2ccccc2)n1. The van der Waals surface area contributed by atoms with Gasteiger partial charge in [0.15, 0.2) is 0 Å². The molecule has 3 N–H and O–H groups in total. The molecule has 0 unspecified atom stereocenters. The molecule has 1 aromatic carbocycles. The molecule has 0 radical (unpaired) electrons. The number of hydrogen-bond donors (Lipinski definition) is 3. The molecule has 3 aromatic rings. The van der Waals surface area contributed by atoms with E-state index in [1.165, 1.54) is 6.20 Å². The van der Waals surface area contributed by atoms with Crippen LogP contribution in [0.15, 0.2) is 60.8 Å². The molecular formula is C18H17N5O2. The summed E-state index contributed by atoms with van der Waals surface area (Å²) in [6.07, 6.45) is 1.53. The molecule has 2 aromatic heterocycles. The summed E-state index contributed by atoms with van der Waals surface area (Å²) in [5, 5.41) is 11.9. The molecule has 7 nitrogen and oxygen atoms in total. The monoisotopic (exact) mass is 335 g/mol. The summed E-state index contributed by atoms with van der Waals surface area (Å²) in [6, 6.07) is 14.9. The first-order chi connectivity index (χ1) is 12.1. The number of rotatable bonds is 5. The number of amides is 2. The van der Waals surface area contributed by atoms with Gasteiger partial charge in [-0.25, -0.2) is 4.98 Å². The quantitative estimate of drug-likeness (QED) is 0.665. The smallest absolute Gasteiger partial charge is 0.270 e. The maximum absolute atomic E-state index is 12.7. The molecule has 0 fully saturated rings. The number of carbonyl (C=O) groups is 2. The van der Waals surface area contributed by atoms with Gasteiger partial charge in [0, 0.05) is 11.8 Å². The van der Waals surface area contributed by atoms with Crippen LogP contribution in [-0.4, -0.2) is 27.0 Å². The Morgan fingerprint density at radius 2 is 1.84 bits per heavy atom. The fourth-order valence-electron chi connectivity index (χ4n) is 2.35. The van der Waals surface area contributed by atoms with Crippen LogP contribution in [0, 0.1) is 6.92 Å². The van der Waals surface area contributed by atoms with Crippen molar-refractivity contribution < 1.29 is 9.59 Å². The van der Waals surface area contributed by atoms with Crippen LogP contribution in [0.2, 0.25) is 0 Å². The van der Waals surface area contributed by atoms with Crippen molar-refractivity contribution in [3.8, 4) is 0 Å². The van der Waals surface area contributed by atoms with Gasteiger partial charge >= 0.3 is 0 Å². The molecule has 1 atom stereocenters. The summed E-state index contributed by atoms with van der Waals surface area (Å²) in [6.45, 7) is 1.80. The highest BCUT2D eigenvalue weighted by Gasteiger charge is 2.24. The van der Waals surface area contributed by atoms with Crippen LogP contribution in [0.1, 0.15) is 27.8 Å². The molecule has 3 rings (SSSR count). The van der Waals surface area contributed by atoms with E-state index in [-0.39, 0.29) is 11.6 Å². The Bertz CT molecular complexity index is 862. The molecule has 0 aliphatic rings. The topological polar surface area (TPSA) is 99.8 Å². The highest BCUT2D eigenvalue weighted by Crippen LogP contribution is 2.16. The lowest BCUT2D eigenvalue weighted by Gasteiger charge is -2.18. The predicted octanol–water partition coefficient (Wildman–Crippen LogP) is 2.22. The first-order valence-electron chi connectivity index (χ1n) is 7.73. The molecule has 0 saturated heterocycles. The Labute approximate surface area is 144 Å². The summed E-state index contributed by atoms with van der Waals surface area (Å²) in [4.78, 5) is 29.4. The molecule has 0 aliphatic heterocycles. The maximum atomic E-state index is 12.7. The maximum Gasteiger partial charge on any atom is 0.270 e. The van der Waals surface area contributed by atoms with Crippen LogP contribution in [-0.2, 0) is 4.79 Å². The molecule has 126 valence electrons. The van der Waals surface area contributed by atoms with Crippen molar-refractivity contribution in [2.24, 2.45) is 0 Å². The average Bonchev–Trinajstić information content (AvgIpc) is 3.13. The van der Waals surface area contributed by atoms with Crippen LogP contribution in [0.3, 0.4) is 0 Å². The number of pyridine rings is 1. The standard InChI is InChI=1S/C18H17N5O2/c1-12-6-5-9-14(20-12)17(24)22-16(13-7-3-2-4-8-13)18(25)21-15-10-11-19-23-15/h2-11,16H,1H3,(H,22,24)(H2,19,21,23,25)/t16-/m0/s1. The zero-order valence-electron chi connectivity index (χ0n) is 13.6. The zero-order valence-corrected chi connectivity index (χ0v) is 13.6. The third-order valence-electron chi connectivity index (χ3n) is 3.55. The fourth-order valence-corrected chi connectivity index (χ4v) is 2.35. The molecule has 0 bridgehead atoms. The Morgan fingerprint density at radius 1 is 1.04 bits per heavy atom. The van der Waals surface area contributed by atoms with Crippen molar-refractivity contribution in [2.45, 2.75) is 13.0 Å². The first kappa shape index (κ1) is 16.4. The van der Waals surface area contributed by atoms with Crippen LogP contribution < -0.4 is 10.6 Å². The number of aromatic nitrogens is 3. The lowest BCUT2D eigenvalue weighted by molar-refractivity contribution is -0.118. The molecular weight excluding hydrogens is 318 g/mol. The largest absolute Gasteiger partial charge is 0.335 e. The second-order valence-electron chi connectivity index (χ2n) is 5.44. The number of H-pyrrole nitrogens is 1. The van der Waals surface area contributed by atoms with Crippen LogP contribution >= 0.6 is 0 Å². The summed E-state index contributed by atoms with van der Waals surface area (Å²) in [5.74, 6) is -0.345. The second kappa shape index (κ2) is 7.39. The van der Waals surface area contributed by atoms with E-state index in [0.717, 1.165) is 5.69 Å². The summed E-state index contributed by atoms with van der Waals surface area (Å²) in [7, 11) is 0. The van der Waals surface area contributed by atoms with Crippen LogP contribution in [0.5, 0.6) is 0 Å². The van der Waals surface area contributed by atoms with Gasteiger partial charge < -0.3 is 10.6 Å². The van der Waals surface area contributed by atoms with E-state index in [2.05, 4.69) is 25.8 Å². The number of aryl methyl sites for hydroxylation is 1. The zero-order chi connectivity index (χ0) is 17.6. The van der Waals surface area contributed by atoms with E-state index in [9.17, 15) is 9.59 Å². The van der Waals surface area contributed by atoms with Crippen molar-refractivity contribution in [1.29, 1.82) is 0 Å². The highest BCUT2D eigenvalue weighted by molar-refractivity contribution is 6.00. The number of carbonyl (C=O) groups excluding carboxylic acids is 2. The Hall–Kier alpha value is -3.48. The summed E-state index contributed by atoms with van der Waals surface area (Å²) < 4.78 is 0. The average molecular weight is 335 g/mol. The summed E-state index contributed by atoms with van der Waals surface area (Å²) in [5.41, 5.74) is 1.65. The van der Waals surface area contributed by atoms with Crippen molar-refractivity contribution in [3.63, 3.8) is 0 Å². The van der Waals surface area contributed by atoms with E-state index in [4.69, 9.17) is 0 Å².